The van der Waals surface area contributed by atoms with Gasteiger partial charge in [-0.15, -0.1) is 6.42 Å². The summed E-state index contributed by atoms with van der Waals surface area (Å²) in [5.74, 6) is 3.05. The van der Waals surface area contributed by atoms with E-state index in [1.807, 2.05) is 20.8 Å². The Morgan fingerprint density at radius 3 is 2.30 bits per heavy atom. The molecule has 0 amide bonds. The molecule has 0 bridgehead atoms. The smallest absolute Gasteiger partial charge is 0.312 e. The number of hydrogen-bond acceptors (Lipinski definition) is 2. The van der Waals surface area contributed by atoms with E-state index in [-0.39, 0.29) is 5.97 Å². The van der Waals surface area contributed by atoms with Crippen LogP contribution < -0.4 is 0 Å². The summed E-state index contributed by atoms with van der Waals surface area (Å²) in [6, 6.07) is 0. The first-order chi connectivity index (χ1) is 9.05. The average Bonchev–Trinajstić information content (AvgIpc) is 2.33. The van der Waals surface area contributed by atoms with E-state index in [0.29, 0.717) is 11.3 Å². The lowest BCUT2D eigenvalue weighted by Gasteiger charge is -2.34. The minimum atomic E-state index is -0.516. The van der Waals surface area contributed by atoms with Gasteiger partial charge in [-0.05, 0) is 56.9 Å². The second kappa shape index (κ2) is 6.04. The maximum absolute atomic E-state index is 12.0. The Morgan fingerprint density at radius 1 is 1.35 bits per heavy atom. The maximum Gasteiger partial charge on any atom is 0.312 e. The van der Waals surface area contributed by atoms with Crippen LogP contribution in [0.2, 0.25) is 0 Å². The third-order valence-corrected chi connectivity index (χ3v) is 4.00. The van der Waals surface area contributed by atoms with Crippen LogP contribution in [0, 0.1) is 29.1 Å². The standard InChI is InChI=1S/C18H28O2/c1-8-15(20-16(19)18(5,6)7)13-9-11-14(12-10-13)17(2,3)4/h1,9,14-15H,10-12H2,2-7H3. The fourth-order valence-electron chi connectivity index (χ4n) is 2.38. The van der Waals surface area contributed by atoms with Gasteiger partial charge in [-0.1, -0.05) is 32.8 Å². The zero-order chi connectivity index (χ0) is 15.6. The van der Waals surface area contributed by atoms with Crippen molar-refractivity contribution in [3.63, 3.8) is 0 Å². The average molecular weight is 276 g/mol. The Morgan fingerprint density at radius 2 is 1.95 bits per heavy atom. The van der Waals surface area contributed by atoms with E-state index >= 15 is 0 Å². The molecule has 0 heterocycles. The normalized spacial score (nSPS) is 21.6. The number of ether oxygens (including phenoxy) is 1. The van der Waals surface area contributed by atoms with Crippen molar-refractivity contribution in [1.82, 2.24) is 0 Å². The molecule has 1 rings (SSSR count). The molecule has 20 heavy (non-hydrogen) atoms. The van der Waals surface area contributed by atoms with Crippen molar-refractivity contribution in [2.75, 3.05) is 0 Å². The summed E-state index contributed by atoms with van der Waals surface area (Å²) in [5, 5.41) is 0. The van der Waals surface area contributed by atoms with Gasteiger partial charge in [0.15, 0.2) is 6.10 Å². The Labute approximate surface area is 124 Å². The minimum Gasteiger partial charge on any atom is -0.444 e. The van der Waals surface area contributed by atoms with Gasteiger partial charge in [0.1, 0.15) is 0 Å². The molecule has 0 aromatic rings. The Balaban J connectivity index is 2.72. The van der Waals surface area contributed by atoms with E-state index in [2.05, 4.69) is 32.8 Å². The zero-order valence-electron chi connectivity index (χ0n) is 13.7. The maximum atomic E-state index is 12.0. The molecule has 0 aromatic heterocycles. The Bertz CT molecular complexity index is 424. The fraction of sp³-hybridized carbons (Fsp3) is 0.722. The molecule has 0 aliphatic heterocycles. The second-order valence-corrected chi connectivity index (χ2v) is 7.82. The van der Waals surface area contributed by atoms with Crippen molar-refractivity contribution in [1.29, 1.82) is 0 Å². The molecule has 0 saturated heterocycles. The highest BCUT2D eigenvalue weighted by molar-refractivity contribution is 5.76. The predicted molar refractivity (Wildman–Crippen MR) is 83.0 cm³/mol. The lowest BCUT2D eigenvalue weighted by molar-refractivity contribution is -0.154. The summed E-state index contributed by atoms with van der Waals surface area (Å²) >= 11 is 0. The number of rotatable bonds is 2. The largest absolute Gasteiger partial charge is 0.444 e. The van der Waals surface area contributed by atoms with Crippen molar-refractivity contribution in [2.24, 2.45) is 16.7 Å². The molecule has 0 saturated carbocycles. The quantitative estimate of drug-likeness (QED) is 0.426. The first-order valence-electron chi connectivity index (χ1n) is 7.42. The molecule has 0 radical (unpaired) electrons. The van der Waals surface area contributed by atoms with Crippen molar-refractivity contribution in [3.8, 4) is 12.3 Å². The number of terminal acetylenes is 1. The van der Waals surface area contributed by atoms with Crippen LogP contribution >= 0.6 is 0 Å². The van der Waals surface area contributed by atoms with E-state index in [0.717, 1.165) is 24.8 Å². The van der Waals surface area contributed by atoms with Gasteiger partial charge < -0.3 is 4.74 Å². The van der Waals surface area contributed by atoms with Gasteiger partial charge in [-0.3, -0.25) is 4.79 Å². The fourth-order valence-corrected chi connectivity index (χ4v) is 2.38. The third kappa shape index (κ3) is 4.40. The highest BCUT2D eigenvalue weighted by atomic mass is 16.5. The lowest BCUT2D eigenvalue weighted by Crippen LogP contribution is -2.30. The number of hydrogen-bond donors (Lipinski definition) is 0. The molecule has 0 aromatic carbocycles. The van der Waals surface area contributed by atoms with Crippen LogP contribution in [0.15, 0.2) is 11.6 Å². The SMILES string of the molecule is C#CC(OC(=O)C(C)(C)C)C1=CCC(C(C)(C)C)CC1. The molecule has 0 fully saturated rings. The van der Waals surface area contributed by atoms with Crippen molar-refractivity contribution >= 4 is 5.97 Å². The highest BCUT2D eigenvalue weighted by Crippen LogP contribution is 2.38. The van der Waals surface area contributed by atoms with E-state index in [4.69, 9.17) is 11.2 Å². The van der Waals surface area contributed by atoms with Gasteiger partial charge in [0.25, 0.3) is 0 Å². The van der Waals surface area contributed by atoms with Crippen LogP contribution in [0.3, 0.4) is 0 Å². The van der Waals surface area contributed by atoms with Gasteiger partial charge in [0.2, 0.25) is 0 Å². The zero-order valence-corrected chi connectivity index (χ0v) is 13.7. The molecule has 2 atom stereocenters. The Hall–Kier alpha value is -1.23. The molecule has 1 aliphatic carbocycles. The van der Waals surface area contributed by atoms with Crippen LogP contribution in [0.4, 0.5) is 0 Å². The number of allylic oxidation sites excluding steroid dienone is 1. The van der Waals surface area contributed by atoms with Gasteiger partial charge in [-0.25, -0.2) is 0 Å². The van der Waals surface area contributed by atoms with Crippen LogP contribution in [-0.2, 0) is 9.53 Å². The van der Waals surface area contributed by atoms with E-state index in [1.54, 1.807) is 0 Å². The van der Waals surface area contributed by atoms with Crippen LogP contribution in [0.25, 0.3) is 0 Å². The van der Waals surface area contributed by atoms with Crippen molar-refractivity contribution in [2.45, 2.75) is 66.9 Å². The summed E-state index contributed by atoms with van der Waals surface area (Å²) in [5.41, 5.74) is 0.888. The molecule has 112 valence electrons. The van der Waals surface area contributed by atoms with Gasteiger partial charge in [0.05, 0.1) is 5.41 Å². The van der Waals surface area contributed by atoms with Gasteiger partial charge >= 0.3 is 5.97 Å². The Kier molecular flexibility index (Phi) is 5.08. The summed E-state index contributed by atoms with van der Waals surface area (Å²) in [4.78, 5) is 12.0. The minimum absolute atomic E-state index is 0.237. The number of carbonyl (C=O) groups is 1. The molecule has 2 unspecified atom stereocenters. The first kappa shape index (κ1) is 16.8. The van der Waals surface area contributed by atoms with Crippen molar-refractivity contribution < 1.29 is 9.53 Å². The predicted octanol–water partition coefficient (Wildman–Crippen LogP) is 4.35. The third-order valence-electron chi connectivity index (χ3n) is 4.00. The second-order valence-electron chi connectivity index (χ2n) is 7.82. The summed E-state index contributed by atoms with van der Waals surface area (Å²) in [6.07, 6.45) is 10.3. The lowest BCUT2D eigenvalue weighted by atomic mass is 9.72. The molecule has 0 spiro atoms. The summed E-state index contributed by atoms with van der Waals surface area (Å²) < 4.78 is 5.48. The van der Waals surface area contributed by atoms with Crippen molar-refractivity contribution in [3.05, 3.63) is 11.6 Å². The van der Waals surface area contributed by atoms with Gasteiger partial charge in [-0.2, -0.15) is 0 Å². The van der Waals surface area contributed by atoms with E-state index in [9.17, 15) is 4.79 Å². The molecule has 1 aliphatic rings. The summed E-state index contributed by atoms with van der Waals surface area (Å²) in [7, 11) is 0. The van der Waals surface area contributed by atoms with Crippen LogP contribution in [-0.4, -0.2) is 12.1 Å². The van der Waals surface area contributed by atoms with Crippen LogP contribution in [0.5, 0.6) is 0 Å². The molecular weight excluding hydrogens is 248 g/mol. The summed E-state index contributed by atoms with van der Waals surface area (Å²) in [6.45, 7) is 12.3. The molecular formula is C18H28O2. The molecule has 2 nitrogen and oxygen atoms in total. The van der Waals surface area contributed by atoms with Crippen LogP contribution in [0.1, 0.15) is 60.8 Å². The van der Waals surface area contributed by atoms with Gasteiger partial charge in [0, 0.05) is 0 Å². The van der Waals surface area contributed by atoms with E-state index in [1.165, 1.54) is 0 Å². The number of esters is 1. The molecule has 0 N–H and O–H groups in total. The highest BCUT2D eigenvalue weighted by Gasteiger charge is 2.31. The first-order valence-corrected chi connectivity index (χ1v) is 7.42. The number of carbonyl (C=O) groups excluding carboxylic acids is 1. The monoisotopic (exact) mass is 276 g/mol. The van der Waals surface area contributed by atoms with E-state index < -0.39 is 11.5 Å². The topological polar surface area (TPSA) is 26.3 Å². The molecule has 2 heteroatoms.